The fourth-order valence-electron chi connectivity index (χ4n) is 3.55. The Kier molecular flexibility index (Phi) is 4.00. The summed E-state index contributed by atoms with van der Waals surface area (Å²) in [6.45, 7) is 7.97. The Morgan fingerprint density at radius 3 is 2.52 bits per heavy atom. The van der Waals surface area contributed by atoms with Gasteiger partial charge in [-0.05, 0) is 36.2 Å². The average molecular weight is 315 g/mol. The van der Waals surface area contributed by atoms with Crippen molar-refractivity contribution in [3.63, 3.8) is 0 Å². The van der Waals surface area contributed by atoms with Crippen molar-refractivity contribution < 1.29 is 8.78 Å². The monoisotopic (exact) mass is 315 g/mol. The molecule has 0 atom stereocenters. The Bertz CT molecular complexity index is 757. The molecule has 23 heavy (non-hydrogen) atoms. The lowest BCUT2D eigenvalue weighted by molar-refractivity contribution is 0.557. The molecule has 0 aliphatic carbocycles. The summed E-state index contributed by atoms with van der Waals surface area (Å²) < 4.78 is 28.5. The third-order valence-corrected chi connectivity index (χ3v) is 4.33. The van der Waals surface area contributed by atoms with E-state index in [1.165, 1.54) is 6.07 Å². The number of nitrogens with zero attached hydrogens (tertiary/aromatic N) is 2. The van der Waals surface area contributed by atoms with Gasteiger partial charge in [-0.3, -0.25) is 0 Å². The van der Waals surface area contributed by atoms with Crippen LogP contribution < -0.4 is 0 Å². The minimum atomic E-state index is -0.531. The van der Waals surface area contributed by atoms with Crippen molar-refractivity contribution >= 4 is 11.3 Å². The summed E-state index contributed by atoms with van der Waals surface area (Å²) in [5, 5.41) is 4.49. The SMILES string of the molecule is CCCC1=C(CC)N2C=C(C)[N-]C(C)=C2c2c(F)cc(F)cc21. The van der Waals surface area contributed by atoms with Gasteiger partial charge in [0.1, 0.15) is 11.6 Å². The molecule has 2 nitrogen and oxygen atoms in total. The predicted octanol–water partition coefficient (Wildman–Crippen LogP) is 6.14. The van der Waals surface area contributed by atoms with Crippen LogP contribution in [0.3, 0.4) is 0 Å². The maximum Gasteiger partial charge on any atom is 0.136 e. The van der Waals surface area contributed by atoms with Crippen LogP contribution in [0, 0.1) is 11.6 Å². The zero-order chi connectivity index (χ0) is 16.7. The first-order valence-corrected chi connectivity index (χ1v) is 8.10. The summed E-state index contributed by atoms with van der Waals surface area (Å²) in [5.74, 6) is -1.05. The Morgan fingerprint density at radius 1 is 1.13 bits per heavy atom. The van der Waals surface area contributed by atoms with E-state index in [-0.39, 0.29) is 0 Å². The van der Waals surface area contributed by atoms with E-state index in [0.717, 1.165) is 53.7 Å². The Labute approximate surface area is 136 Å². The molecule has 1 aromatic carbocycles. The number of hydrogen-bond donors (Lipinski definition) is 0. The standard InChI is InChI=1S/C19H21F2N2/c1-5-7-14-15-8-13(20)9-16(21)18(15)19-12(4)22-11(3)10-23(19)17(14)6-2/h8-10H,5-7H2,1-4H3/q-1. The van der Waals surface area contributed by atoms with E-state index in [9.17, 15) is 8.78 Å². The normalized spacial score (nSPS) is 17.0. The number of fused-ring (bicyclic) bond motifs is 3. The van der Waals surface area contributed by atoms with Crippen molar-refractivity contribution in [2.45, 2.75) is 47.0 Å². The van der Waals surface area contributed by atoms with Crippen LogP contribution in [0.15, 0.2) is 35.4 Å². The van der Waals surface area contributed by atoms with Gasteiger partial charge in [-0.25, -0.2) is 8.78 Å². The van der Waals surface area contributed by atoms with E-state index >= 15 is 0 Å². The molecule has 0 aromatic heterocycles. The van der Waals surface area contributed by atoms with E-state index in [2.05, 4.69) is 19.2 Å². The molecule has 2 aliphatic heterocycles. The molecule has 0 radical (unpaired) electrons. The van der Waals surface area contributed by atoms with Crippen LogP contribution in [0.1, 0.15) is 58.1 Å². The highest BCUT2D eigenvalue weighted by molar-refractivity contribution is 5.89. The van der Waals surface area contributed by atoms with Crippen molar-refractivity contribution in [1.29, 1.82) is 0 Å². The molecule has 122 valence electrons. The van der Waals surface area contributed by atoms with Gasteiger partial charge in [-0.15, -0.1) is 11.4 Å². The van der Waals surface area contributed by atoms with Crippen LogP contribution in [0.4, 0.5) is 8.78 Å². The van der Waals surface area contributed by atoms with Crippen LogP contribution >= 0.6 is 0 Å². The molecule has 3 rings (SSSR count). The topological polar surface area (TPSA) is 17.3 Å². The third kappa shape index (κ3) is 2.46. The van der Waals surface area contributed by atoms with Gasteiger partial charge in [-0.1, -0.05) is 34.1 Å². The molecular weight excluding hydrogens is 294 g/mol. The van der Waals surface area contributed by atoms with Crippen LogP contribution in [0.2, 0.25) is 0 Å². The van der Waals surface area contributed by atoms with Gasteiger partial charge < -0.3 is 10.2 Å². The zero-order valence-electron chi connectivity index (χ0n) is 14.0. The number of benzene rings is 1. The molecule has 0 spiro atoms. The second-order valence-electron chi connectivity index (χ2n) is 6.03. The molecule has 4 heteroatoms. The molecule has 1 aromatic rings. The molecule has 2 heterocycles. The summed E-state index contributed by atoms with van der Waals surface area (Å²) in [6, 6.07) is 2.42. The molecule has 0 saturated carbocycles. The summed E-state index contributed by atoms with van der Waals surface area (Å²) in [7, 11) is 0. The van der Waals surface area contributed by atoms with Gasteiger partial charge in [0, 0.05) is 23.0 Å². The van der Waals surface area contributed by atoms with Gasteiger partial charge in [0.25, 0.3) is 0 Å². The van der Waals surface area contributed by atoms with Crippen molar-refractivity contribution in [1.82, 2.24) is 4.90 Å². The lowest BCUT2D eigenvalue weighted by atomic mass is 9.86. The van der Waals surface area contributed by atoms with E-state index < -0.39 is 11.6 Å². The average Bonchev–Trinajstić information content (AvgIpc) is 2.47. The van der Waals surface area contributed by atoms with E-state index in [1.807, 2.05) is 24.9 Å². The minimum Gasteiger partial charge on any atom is -0.662 e. The first-order chi connectivity index (χ1) is 11.0. The highest BCUT2D eigenvalue weighted by Crippen LogP contribution is 2.47. The summed E-state index contributed by atoms with van der Waals surface area (Å²) in [5.41, 5.74) is 5.67. The van der Waals surface area contributed by atoms with E-state index in [4.69, 9.17) is 0 Å². The number of hydrogen-bond acceptors (Lipinski definition) is 1. The maximum absolute atomic E-state index is 14.6. The van der Waals surface area contributed by atoms with Gasteiger partial charge >= 0.3 is 0 Å². The van der Waals surface area contributed by atoms with Crippen molar-refractivity contribution in [2.75, 3.05) is 0 Å². The van der Waals surface area contributed by atoms with Crippen LogP contribution in [-0.4, -0.2) is 4.90 Å². The lowest BCUT2D eigenvalue weighted by Gasteiger charge is -2.44. The molecule has 0 amide bonds. The summed E-state index contributed by atoms with van der Waals surface area (Å²) in [4.78, 5) is 2.05. The van der Waals surface area contributed by atoms with Gasteiger partial charge in [-0.2, -0.15) is 0 Å². The predicted molar refractivity (Wildman–Crippen MR) is 90.0 cm³/mol. The molecule has 2 aliphatic rings. The second-order valence-corrected chi connectivity index (χ2v) is 6.03. The number of halogens is 2. The lowest BCUT2D eigenvalue weighted by Crippen LogP contribution is -2.26. The molecule has 0 N–H and O–H groups in total. The van der Waals surface area contributed by atoms with Gasteiger partial charge in [0.2, 0.25) is 0 Å². The highest BCUT2D eigenvalue weighted by Gasteiger charge is 2.30. The first-order valence-electron chi connectivity index (χ1n) is 8.10. The molecular formula is C19H21F2N2-. The Balaban J connectivity index is 2.37. The quantitative estimate of drug-likeness (QED) is 0.655. The smallest absolute Gasteiger partial charge is 0.136 e. The van der Waals surface area contributed by atoms with E-state index in [0.29, 0.717) is 11.1 Å². The largest absolute Gasteiger partial charge is 0.662 e. The van der Waals surface area contributed by atoms with Gasteiger partial charge in [0.15, 0.2) is 0 Å². The highest BCUT2D eigenvalue weighted by atomic mass is 19.1. The van der Waals surface area contributed by atoms with Crippen molar-refractivity contribution in [3.8, 4) is 0 Å². The molecule has 0 saturated heterocycles. The Morgan fingerprint density at radius 2 is 1.87 bits per heavy atom. The fourth-order valence-corrected chi connectivity index (χ4v) is 3.55. The fraction of sp³-hybridized carbons (Fsp3) is 0.368. The third-order valence-electron chi connectivity index (χ3n) is 4.33. The van der Waals surface area contributed by atoms with Crippen molar-refractivity contribution in [2.24, 2.45) is 0 Å². The second kappa shape index (κ2) is 5.84. The summed E-state index contributed by atoms with van der Waals surface area (Å²) >= 11 is 0. The zero-order valence-corrected chi connectivity index (χ0v) is 14.0. The van der Waals surface area contributed by atoms with E-state index in [1.54, 1.807) is 0 Å². The Hall–Kier alpha value is -2.10. The minimum absolute atomic E-state index is 0.469. The molecule has 0 unspecified atom stereocenters. The maximum atomic E-state index is 14.6. The summed E-state index contributed by atoms with van der Waals surface area (Å²) in [6.07, 6.45) is 4.47. The van der Waals surface area contributed by atoms with Crippen LogP contribution in [0.5, 0.6) is 0 Å². The number of allylic oxidation sites excluding steroid dienone is 4. The van der Waals surface area contributed by atoms with Crippen molar-refractivity contribution in [3.05, 3.63) is 63.5 Å². The first kappa shape index (κ1) is 15.8. The molecule has 0 fully saturated rings. The number of rotatable bonds is 3. The van der Waals surface area contributed by atoms with Crippen LogP contribution in [0.25, 0.3) is 16.6 Å². The molecule has 0 bridgehead atoms. The van der Waals surface area contributed by atoms with Gasteiger partial charge in [0.05, 0.1) is 0 Å². The van der Waals surface area contributed by atoms with Crippen LogP contribution in [-0.2, 0) is 0 Å².